The van der Waals surface area contributed by atoms with Crippen molar-refractivity contribution >= 4 is 5.69 Å². The Bertz CT molecular complexity index is 576. The fraction of sp³-hybridized carbons (Fsp3) is 0.294. The Kier molecular flexibility index (Phi) is 3.59. The third kappa shape index (κ3) is 2.77. The largest absolute Gasteiger partial charge is 0.497 e. The van der Waals surface area contributed by atoms with Crippen LogP contribution in [-0.2, 0) is 0 Å². The van der Waals surface area contributed by atoms with E-state index in [1.165, 1.54) is 6.07 Å². The third-order valence-corrected chi connectivity index (χ3v) is 3.92. The van der Waals surface area contributed by atoms with Gasteiger partial charge >= 0.3 is 0 Å². The Hall–Kier alpha value is -2.03. The minimum Gasteiger partial charge on any atom is -0.497 e. The van der Waals surface area contributed by atoms with E-state index in [0.717, 1.165) is 29.8 Å². The van der Waals surface area contributed by atoms with Crippen molar-refractivity contribution in [2.75, 3.05) is 12.4 Å². The molecule has 1 saturated carbocycles. The maximum Gasteiger partial charge on any atom is 0.123 e. The number of benzene rings is 2. The molecule has 0 aliphatic heterocycles. The van der Waals surface area contributed by atoms with Gasteiger partial charge in [0.1, 0.15) is 11.6 Å². The number of hydrogen-bond donors (Lipinski definition) is 1. The molecule has 0 spiro atoms. The van der Waals surface area contributed by atoms with E-state index < -0.39 is 0 Å². The van der Waals surface area contributed by atoms with Crippen LogP contribution in [0.25, 0.3) is 0 Å². The second-order valence-corrected chi connectivity index (χ2v) is 5.29. The maximum absolute atomic E-state index is 13.2. The van der Waals surface area contributed by atoms with Crippen molar-refractivity contribution in [1.82, 2.24) is 0 Å². The summed E-state index contributed by atoms with van der Waals surface area (Å²) in [5.41, 5.74) is 2.21. The van der Waals surface area contributed by atoms with Gasteiger partial charge in [0, 0.05) is 11.7 Å². The number of ether oxygens (including phenoxy) is 1. The summed E-state index contributed by atoms with van der Waals surface area (Å²) in [4.78, 5) is 0. The first-order valence-electron chi connectivity index (χ1n) is 6.90. The lowest BCUT2D eigenvalue weighted by molar-refractivity contribution is 0.373. The van der Waals surface area contributed by atoms with Gasteiger partial charge in [-0.15, -0.1) is 0 Å². The van der Waals surface area contributed by atoms with E-state index >= 15 is 0 Å². The molecule has 0 aromatic heterocycles. The molecule has 1 fully saturated rings. The fourth-order valence-electron chi connectivity index (χ4n) is 2.69. The van der Waals surface area contributed by atoms with Gasteiger partial charge in [0.15, 0.2) is 0 Å². The van der Waals surface area contributed by atoms with E-state index in [2.05, 4.69) is 5.32 Å². The van der Waals surface area contributed by atoms with E-state index in [1.54, 1.807) is 19.2 Å². The van der Waals surface area contributed by atoms with E-state index in [4.69, 9.17) is 4.74 Å². The predicted octanol–water partition coefficient (Wildman–Crippen LogP) is 4.19. The second kappa shape index (κ2) is 5.53. The highest BCUT2D eigenvalue weighted by Gasteiger charge is 2.30. The van der Waals surface area contributed by atoms with Gasteiger partial charge in [-0.25, -0.2) is 4.39 Å². The molecule has 2 nitrogen and oxygen atoms in total. The van der Waals surface area contributed by atoms with Gasteiger partial charge in [-0.2, -0.15) is 0 Å². The number of methoxy groups -OCH3 is 1. The first-order chi connectivity index (χ1) is 9.74. The Balaban J connectivity index is 1.55. The quantitative estimate of drug-likeness (QED) is 0.900. The van der Waals surface area contributed by atoms with Gasteiger partial charge in [0.25, 0.3) is 0 Å². The summed E-state index contributed by atoms with van der Waals surface area (Å²) in [5.74, 6) is 1.19. The molecule has 0 saturated heterocycles. The number of hydrogen-bond acceptors (Lipinski definition) is 2. The van der Waals surface area contributed by atoms with Crippen LogP contribution < -0.4 is 10.1 Å². The first-order valence-corrected chi connectivity index (χ1v) is 6.90. The molecule has 0 radical (unpaired) electrons. The van der Waals surface area contributed by atoms with Gasteiger partial charge < -0.3 is 10.1 Å². The Labute approximate surface area is 118 Å². The van der Waals surface area contributed by atoms with Gasteiger partial charge in [-0.05, 0) is 60.7 Å². The molecule has 2 aromatic rings. The number of rotatable bonds is 4. The fourth-order valence-corrected chi connectivity index (χ4v) is 2.69. The molecule has 0 atom stereocenters. The zero-order valence-corrected chi connectivity index (χ0v) is 11.5. The van der Waals surface area contributed by atoms with Crippen molar-refractivity contribution in [3.63, 3.8) is 0 Å². The normalized spacial score (nSPS) is 21.1. The summed E-state index contributed by atoms with van der Waals surface area (Å²) in [6, 6.07) is 15.4. The Morgan fingerprint density at radius 2 is 1.85 bits per heavy atom. The molecule has 1 N–H and O–H groups in total. The molecule has 1 aliphatic rings. The zero-order valence-electron chi connectivity index (χ0n) is 11.5. The molecule has 2 aromatic carbocycles. The van der Waals surface area contributed by atoms with E-state index in [0.29, 0.717) is 12.0 Å². The lowest BCUT2D eigenvalue weighted by Crippen LogP contribution is -2.34. The maximum atomic E-state index is 13.2. The Morgan fingerprint density at radius 1 is 1.10 bits per heavy atom. The van der Waals surface area contributed by atoms with Crippen LogP contribution in [0.15, 0.2) is 48.5 Å². The van der Waals surface area contributed by atoms with Crippen molar-refractivity contribution < 1.29 is 9.13 Å². The summed E-state index contributed by atoms with van der Waals surface area (Å²) in [6.45, 7) is 0. The molecule has 0 bridgehead atoms. The first kappa shape index (κ1) is 13.0. The molecule has 0 heterocycles. The molecule has 3 heteroatoms. The van der Waals surface area contributed by atoms with Crippen molar-refractivity contribution in [2.24, 2.45) is 0 Å². The third-order valence-electron chi connectivity index (χ3n) is 3.92. The standard InChI is InChI=1S/C17H18FNO/c1-20-17-7-5-15(6-8-17)19-16-10-13(11-16)12-3-2-4-14(18)9-12/h2-9,13,16,19H,10-11H2,1H3. The van der Waals surface area contributed by atoms with Crippen molar-refractivity contribution in [2.45, 2.75) is 24.8 Å². The summed E-state index contributed by atoms with van der Waals surface area (Å²) in [5, 5.41) is 3.49. The molecule has 0 unspecified atom stereocenters. The van der Waals surface area contributed by atoms with Gasteiger partial charge in [-0.1, -0.05) is 12.1 Å². The average molecular weight is 271 g/mol. The zero-order chi connectivity index (χ0) is 13.9. The summed E-state index contributed by atoms with van der Waals surface area (Å²) in [6.07, 6.45) is 2.10. The summed E-state index contributed by atoms with van der Waals surface area (Å²) in [7, 11) is 1.66. The minimum absolute atomic E-state index is 0.144. The van der Waals surface area contributed by atoms with Crippen LogP contribution in [0.2, 0.25) is 0 Å². The topological polar surface area (TPSA) is 21.3 Å². The highest BCUT2D eigenvalue weighted by atomic mass is 19.1. The van der Waals surface area contributed by atoms with Gasteiger partial charge in [-0.3, -0.25) is 0 Å². The highest BCUT2D eigenvalue weighted by molar-refractivity contribution is 5.48. The van der Waals surface area contributed by atoms with Crippen LogP contribution in [0, 0.1) is 5.82 Å². The molecule has 3 rings (SSSR count). The Morgan fingerprint density at radius 3 is 2.50 bits per heavy atom. The van der Waals surface area contributed by atoms with Crippen LogP contribution >= 0.6 is 0 Å². The second-order valence-electron chi connectivity index (χ2n) is 5.29. The van der Waals surface area contributed by atoms with E-state index in [1.807, 2.05) is 30.3 Å². The van der Waals surface area contributed by atoms with Crippen LogP contribution in [0.4, 0.5) is 10.1 Å². The number of nitrogens with one attached hydrogen (secondary N) is 1. The lowest BCUT2D eigenvalue weighted by Gasteiger charge is -2.37. The molecule has 20 heavy (non-hydrogen) atoms. The number of halogens is 1. The van der Waals surface area contributed by atoms with Gasteiger partial charge in [0.2, 0.25) is 0 Å². The summed E-state index contributed by atoms with van der Waals surface area (Å²) < 4.78 is 18.3. The summed E-state index contributed by atoms with van der Waals surface area (Å²) >= 11 is 0. The van der Waals surface area contributed by atoms with E-state index in [-0.39, 0.29) is 5.82 Å². The highest BCUT2D eigenvalue weighted by Crippen LogP contribution is 2.38. The molecular weight excluding hydrogens is 253 g/mol. The van der Waals surface area contributed by atoms with Gasteiger partial charge in [0.05, 0.1) is 7.11 Å². The number of anilines is 1. The molecule has 104 valence electrons. The predicted molar refractivity (Wildman–Crippen MR) is 78.8 cm³/mol. The smallest absolute Gasteiger partial charge is 0.123 e. The van der Waals surface area contributed by atoms with Crippen LogP contribution in [0.1, 0.15) is 24.3 Å². The van der Waals surface area contributed by atoms with Crippen molar-refractivity contribution in [3.8, 4) is 5.75 Å². The monoisotopic (exact) mass is 271 g/mol. The minimum atomic E-state index is -0.144. The van der Waals surface area contributed by atoms with Crippen molar-refractivity contribution in [3.05, 3.63) is 59.9 Å². The van der Waals surface area contributed by atoms with Crippen LogP contribution in [0.3, 0.4) is 0 Å². The lowest BCUT2D eigenvalue weighted by atomic mass is 9.76. The molecule has 1 aliphatic carbocycles. The van der Waals surface area contributed by atoms with Crippen LogP contribution in [-0.4, -0.2) is 13.2 Å². The van der Waals surface area contributed by atoms with Crippen LogP contribution in [0.5, 0.6) is 5.75 Å². The SMILES string of the molecule is COc1ccc(NC2CC(c3cccc(F)c3)C2)cc1. The average Bonchev–Trinajstić information content (AvgIpc) is 2.43. The van der Waals surface area contributed by atoms with E-state index in [9.17, 15) is 4.39 Å². The molecular formula is C17H18FNO. The molecule has 0 amide bonds. The van der Waals surface area contributed by atoms with Crippen molar-refractivity contribution in [1.29, 1.82) is 0 Å².